The number of hydrazine groups is 1. The molecule has 1 saturated heterocycles. The first-order valence-electron chi connectivity index (χ1n) is 5.45. The average molecular weight is 239 g/mol. The van der Waals surface area contributed by atoms with Crippen LogP contribution in [0.5, 0.6) is 0 Å². The van der Waals surface area contributed by atoms with Crippen molar-refractivity contribution in [1.29, 1.82) is 0 Å². The fourth-order valence-electron chi connectivity index (χ4n) is 1.81. The maximum absolute atomic E-state index is 5.53. The third kappa shape index (κ3) is 2.66. The number of hydrogen-bond acceptors (Lipinski definition) is 5. The Morgan fingerprint density at radius 3 is 3.25 bits per heavy atom. The number of nitrogen functional groups attached to an aromatic ring is 1. The summed E-state index contributed by atoms with van der Waals surface area (Å²) in [6, 6.07) is 3.99. The Morgan fingerprint density at radius 1 is 1.69 bits per heavy atom. The van der Waals surface area contributed by atoms with Crippen molar-refractivity contribution in [3.05, 3.63) is 23.9 Å². The number of nitrogens with zero attached hydrogens (tertiary/aromatic N) is 1. The SMILES string of the molecule is CC1OCCC1SCc1cccnc1NN. The van der Waals surface area contributed by atoms with E-state index in [0.717, 1.165) is 30.2 Å². The van der Waals surface area contributed by atoms with Crippen LogP contribution in [0.2, 0.25) is 0 Å². The minimum Gasteiger partial charge on any atom is -0.377 e. The van der Waals surface area contributed by atoms with Gasteiger partial charge in [-0.05, 0) is 19.4 Å². The summed E-state index contributed by atoms with van der Waals surface area (Å²) in [5.74, 6) is 7.10. The van der Waals surface area contributed by atoms with Crippen LogP contribution in [-0.4, -0.2) is 22.9 Å². The van der Waals surface area contributed by atoms with E-state index < -0.39 is 0 Å². The molecule has 16 heavy (non-hydrogen) atoms. The standard InChI is InChI=1S/C11H17N3OS/c1-8-10(4-6-15-8)16-7-9-3-2-5-13-11(9)14-12/h2-3,5,8,10H,4,6-7,12H2,1H3,(H,13,14). The van der Waals surface area contributed by atoms with Crippen molar-refractivity contribution in [1.82, 2.24) is 4.98 Å². The Hall–Kier alpha value is -0.780. The Bertz CT molecular complexity index is 348. The average Bonchev–Trinajstić information content (AvgIpc) is 2.72. The molecule has 0 bridgehead atoms. The predicted octanol–water partition coefficient (Wildman–Crippen LogP) is 1.78. The molecule has 1 fully saturated rings. The van der Waals surface area contributed by atoms with Crippen molar-refractivity contribution in [2.24, 2.45) is 5.84 Å². The van der Waals surface area contributed by atoms with Gasteiger partial charge >= 0.3 is 0 Å². The van der Waals surface area contributed by atoms with Crippen LogP contribution in [0, 0.1) is 0 Å². The van der Waals surface area contributed by atoms with Crippen molar-refractivity contribution >= 4 is 17.6 Å². The summed E-state index contributed by atoms with van der Waals surface area (Å²) in [4.78, 5) is 4.18. The second kappa shape index (κ2) is 5.52. The molecular formula is C11H17N3OS. The lowest BCUT2D eigenvalue weighted by Crippen LogP contribution is -2.14. The predicted molar refractivity (Wildman–Crippen MR) is 67.2 cm³/mol. The van der Waals surface area contributed by atoms with Crippen LogP contribution < -0.4 is 11.3 Å². The highest BCUT2D eigenvalue weighted by Crippen LogP contribution is 2.30. The van der Waals surface area contributed by atoms with Gasteiger partial charge in [-0.3, -0.25) is 0 Å². The molecule has 2 heterocycles. The molecule has 1 aliphatic rings. The minimum atomic E-state index is 0.357. The molecule has 88 valence electrons. The lowest BCUT2D eigenvalue weighted by molar-refractivity contribution is 0.127. The third-order valence-electron chi connectivity index (χ3n) is 2.79. The highest BCUT2D eigenvalue weighted by Gasteiger charge is 2.24. The van der Waals surface area contributed by atoms with Crippen molar-refractivity contribution in [2.75, 3.05) is 12.0 Å². The van der Waals surface area contributed by atoms with Crippen LogP contribution in [0.4, 0.5) is 5.82 Å². The van der Waals surface area contributed by atoms with Crippen molar-refractivity contribution in [2.45, 2.75) is 30.5 Å². The molecule has 0 spiro atoms. The fraction of sp³-hybridized carbons (Fsp3) is 0.545. The molecule has 1 aromatic heterocycles. The number of aromatic nitrogens is 1. The molecule has 0 amide bonds. The van der Waals surface area contributed by atoms with Gasteiger partial charge in [0.2, 0.25) is 0 Å². The monoisotopic (exact) mass is 239 g/mol. The molecule has 0 saturated carbocycles. The number of nitrogens with one attached hydrogen (secondary N) is 1. The second-order valence-corrected chi connectivity index (χ2v) is 5.10. The summed E-state index contributed by atoms with van der Waals surface area (Å²) in [5.41, 5.74) is 3.77. The first kappa shape index (κ1) is 11.7. The van der Waals surface area contributed by atoms with Crippen LogP contribution in [0.15, 0.2) is 18.3 Å². The summed E-state index contributed by atoms with van der Waals surface area (Å²) >= 11 is 1.91. The molecule has 1 aromatic rings. The number of pyridine rings is 1. The lowest BCUT2D eigenvalue weighted by atomic mass is 10.2. The van der Waals surface area contributed by atoms with Gasteiger partial charge in [0.05, 0.1) is 6.10 Å². The van der Waals surface area contributed by atoms with E-state index in [2.05, 4.69) is 23.4 Å². The van der Waals surface area contributed by atoms with Gasteiger partial charge < -0.3 is 10.2 Å². The van der Waals surface area contributed by atoms with Crippen LogP contribution in [0.3, 0.4) is 0 Å². The zero-order valence-corrected chi connectivity index (χ0v) is 10.2. The van der Waals surface area contributed by atoms with E-state index in [0.29, 0.717) is 11.4 Å². The Kier molecular flexibility index (Phi) is 4.04. The molecule has 2 atom stereocenters. The van der Waals surface area contributed by atoms with Crippen LogP contribution in [0.1, 0.15) is 18.9 Å². The van der Waals surface area contributed by atoms with Gasteiger partial charge in [-0.25, -0.2) is 10.8 Å². The quantitative estimate of drug-likeness (QED) is 0.619. The maximum atomic E-state index is 5.53. The highest BCUT2D eigenvalue weighted by molar-refractivity contribution is 7.99. The first-order valence-corrected chi connectivity index (χ1v) is 6.50. The van der Waals surface area contributed by atoms with Gasteiger partial charge in [-0.15, -0.1) is 0 Å². The highest BCUT2D eigenvalue weighted by atomic mass is 32.2. The maximum Gasteiger partial charge on any atom is 0.143 e. The van der Waals surface area contributed by atoms with Crippen molar-refractivity contribution in [3.63, 3.8) is 0 Å². The Balaban J connectivity index is 1.93. The minimum absolute atomic E-state index is 0.357. The molecular weight excluding hydrogens is 222 g/mol. The van der Waals surface area contributed by atoms with E-state index in [1.165, 1.54) is 0 Å². The van der Waals surface area contributed by atoms with E-state index >= 15 is 0 Å². The van der Waals surface area contributed by atoms with Gasteiger partial charge in [0.25, 0.3) is 0 Å². The Labute approximate surface area is 99.9 Å². The van der Waals surface area contributed by atoms with E-state index in [4.69, 9.17) is 10.6 Å². The smallest absolute Gasteiger partial charge is 0.143 e. The summed E-state index contributed by atoms with van der Waals surface area (Å²) in [6.45, 7) is 3.02. The second-order valence-electron chi connectivity index (χ2n) is 3.87. The van der Waals surface area contributed by atoms with Gasteiger partial charge in [0, 0.05) is 29.4 Å². The summed E-state index contributed by atoms with van der Waals surface area (Å²) in [5, 5.41) is 0.589. The van der Waals surface area contributed by atoms with Crippen LogP contribution in [-0.2, 0) is 10.5 Å². The largest absolute Gasteiger partial charge is 0.377 e. The summed E-state index contributed by atoms with van der Waals surface area (Å²) in [7, 11) is 0. The topological polar surface area (TPSA) is 60.2 Å². The first-order chi connectivity index (χ1) is 7.81. The summed E-state index contributed by atoms with van der Waals surface area (Å²) < 4.78 is 5.53. The molecule has 0 aromatic carbocycles. The van der Waals surface area contributed by atoms with Crippen LogP contribution >= 0.6 is 11.8 Å². The number of anilines is 1. The van der Waals surface area contributed by atoms with Crippen molar-refractivity contribution < 1.29 is 4.74 Å². The van der Waals surface area contributed by atoms with E-state index in [1.54, 1.807) is 6.20 Å². The van der Waals surface area contributed by atoms with E-state index in [1.807, 2.05) is 17.8 Å². The van der Waals surface area contributed by atoms with Gasteiger partial charge in [-0.1, -0.05) is 6.07 Å². The molecule has 2 rings (SSSR count). The fourth-order valence-corrected chi connectivity index (χ4v) is 3.05. The zero-order valence-electron chi connectivity index (χ0n) is 9.35. The van der Waals surface area contributed by atoms with Gasteiger partial charge in [-0.2, -0.15) is 11.8 Å². The van der Waals surface area contributed by atoms with E-state index in [-0.39, 0.29) is 0 Å². The zero-order chi connectivity index (χ0) is 11.4. The van der Waals surface area contributed by atoms with Crippen molar-refractivity contribution in [3.8, 4) is 0 Å². The van der Waals surface area contributed by atoms with E-state index in [9.17, 15) is 0 Å². The molecule has 0 radical (unpaired) electrons. The molecule has 0 aliphatic carbocycles. The molecule has 5 heteroatoms. The number of rotatable bonds is 4. The Morgan fingerprint density at radius 2 is 2.56 bits per heavy atom. The van der Waals surface area contributed by atoms with Gasteiger partial charge in [0.15, 0.2) is 0 Å². The number of ether oxygens (including phenoxy) is 1. The molecule has 4 nitrogen and oxygen atoms in total. The number of hydrogen-bond donors (Lipinski definition) is 2. The molecule has 2 unspecified atom stereocenters. The number of nitrogens with two attached hydrogens (primary N) is 1. The summed E-state index contributed by atoms with van der Waals surface area (Å²) in [6.07, 6.45) is 3.23. The molecule has 3 N–H and O–H groups in total. The normalized spacial score (nSPS) is 24.6. The molecule has 1 aliphatic heterocycles. The third-order valence-corrected chi connectivity index (χ3v) is 4.31. The lowest BCUT2D eigenvalue weighted by Gasteiger charge is -2.14. The van der Waals surface area contributed by atoms with Gasteiger partial charge in [0.1, 0.15) is 5.82 Å². The number of thioether (sulfide) groups is 1. The van der Waals surface area contributed by atoms with Crippen LogP contribution in [0.25, 0.3) is 0 Å².